The Morgan fingerprint density at radius 3 is 2.55 bits per heavy atom. The molecule has 2 unspecified atom stereocenters. The van der Waals surface area contributed by atoms with Gasteiger partial charge in [0.05, 0.1) is 12.5 Å². The number of aromatic carboxylic acids is 1. The van der Waals surface area contributed by atoms with Crippen LogP contribution in [0.3, 0.4) is 0 Å². The Labute approximate surface area is 245 Å². The van der Waals surface area contributed by atoms with Crippen LogP contribution in [0.4, 0.5) is 15.8 Å². The minimum absolute atomic E-state index is 0.0155. The molecule has 3 aromatic rings. The third kappa shape index (κ3) is 5.74. The molecule has 2 amide bonds. The van der Waals surface area contributed by atoms with Crippen molar-refractivity contribution in [2.45, 2.75) is 58.4 Å². The van der Waals surface area contributed by atoms with Crippen molar-refractivity contribution in [3.8, 4) is 5.75 Å². The molecule has 42 heavy (non-hydrogen) atoms. The molecule has 1 fully saturated rings. The van der Waals surface area contributed by atoms with E-state index in [1.165, 1.54) is 25.3 Å². The van der Waals surface area contributed by atoms with Gasteiger partial charge >= 0.3 is 5.97 Å². The summed E-state index contributed by atoms with van der Waals surface area (Å²) in [5.74, 6) is -1.32. The fourth-order valence-corrected chi connectivity index (χ4v) is 6.15. The molecular weight excluding hydrogens is 537 g/mol. The van der Waals surface area contributed by atoms with E-state index < -0.39 is 11.4 Å². The van der Waals surface area contributed by atoms with Crippen molar-refractivity contribution >= 4 is 29.7 Å². The van der Waals surface area contributed by atoms with Crippen LogP contribution in [0, 0.1) is 25.1 Å². The van der Waals surface area contributed by atoms with Crippen LogP contribution < -0.4 is 20.7 Å². The van der Waals surface area contributed by atoms with E-state index in [1.807, 2.05) is 25.1 Å². The molecule has 2 aliphatic rings. The van der Waals surface area contributed by atoms with E-state index in [2.05, 4.69) is 48.9 Å². The number of benzene rings is 3. The van der Waals surface area contributed by atoms with Crippen molar-refractivity contribution in [1.29, 1.82) is 0 Å². The molecule has 1 spiro atoms. The average Bonchev–Trinajstić information content (AvgIpc) is 3.42. The Morgan fingerprint density at radius 2 is 1.90 bits per heavy atom. The highest BCUT2D eigenvalue weighted by molar-refractivity contribution is 6.08. The molecule has 4 N–H and O–H groups in total. The number of anilines is 2. The minimum Gasteiger partial charge on any atom is -0.496 e. The first-order valence-electron chi connectivity index (χ1n) is 13.9. The number of carboxylic acids is 1. The molecule has 1 saturated heterocycles. The summed E-state index contributed by atoms with van der Waals surface area (Å²) in [6, 6.07) is 15.9. The number of methoxy groups -OCH3 is 1. The van der Waals surface area contributed by atoms with Gasteiger partial charge in [0.1, 0.15) is 17.1 Å². The van der Waals surface area contributed by atoms with Crippen LogP contribution in [-0.2, 0) is 15.0 Å². The Balaban J connectivity index is 0.000000244. The number of ether oxygens (including phenoxy) is 1. The summed E-state index contributed by atoms with van der Waals surface area (Å²) in [5.41, 5.74) is 4.00. The first-order valence-corrected chi connectivity index (χ1v) is 13.9. The molecule has 8 nitrogen and oxygen atoms in total. The topological polar surface area (TPSA) is 117 Å². The number of aryl methyl sites for hydroxylation is 2. The molecule has 9 heteroatoms. The molecule has 0 radical (unpaired) electrons. The van der Waals surface area contributed by atoms with Crippen molar-refractivity contribution in [2.24, 2.45) is 5.41 Å². The second-order valence-corrected chi connectivity index (χ2v) is 12.1. The number of rotatable bonds is 6. The van der Waals surface area contributed by atoms with Gasteiger partial charge in [0.25, 0.3) is 0 Å². The van der Waals surface area contributed by atoms with Crippen LogP contribution >= 0.6 is 0 Å². The highest BCUT2D eigenvalue weighted by Crippen LogP contribution is 2.54. The largest absolute Gasteiger partial charge is 0.496 e. The standard InChI is InChI=1S/C24H29FN2O.C9H9NO4/c1-14-9-10-17-19(11-14)27-22(28)24(17)18(13-26-20(24)12-23(3,4)5)16-8-6-7-15(2)21(16)25;1-14-8-4-6(10-5-11)2-3-7(8)9(12)13/h6-11,18,20,26H,12-13H2,1-5H3,(H,27,28);2-5H,1H3,(H,10,11)(H,12,13)/t18?,20?,24-;/m0./s1. The van der Waals surface area contributed by atoms with Crippen LogP contribution in [0.25, 0.3) is 0 Å². The number of halogens is 1. The van der Waals surface area contributed by atoms with Gasteiger partial charge in [-0.2, -0.15) is 0 Å². The van der Waals surface area contributed by atoms with Crippen LogP contribution in [0.5, 0.6) is 5.75 Å². The maximum Gasteiger partial charge on any atom is 0.339 e. The van der Waals surface area contributed by atoms with Gasteiger partial charge in [-0.15, -0.1) is 0 Å². The lowest BCUT2D eigenvalue weighted by Crippen LogP contribution is -2.49. The number of carbonyl (C=O) groups is 3. The average molecular weight is 576 g/mol. The van der Waals surface area contributed by atoms with Crippen molar-refractivity contribution in [3.05, 3.63) is 88.2 Å². The van der Waals surface area contributed by atoms with E-state index in [1.54, 1.807) is 13.0 Å². The zero-order valence-electron chi connectivity index (χ0n) is 24.8. The van der Waals surface area contributed by atoms with E-state index in [0.29, 0.717) is 29.8 Å². The van der Waals surface area contributed by atoms with Gasteiger partial charge in [0.2, 0.25) is 12.3 Å². The first-order chi connectivity index (χ1) is 19.8. The molecule has 0 saturated carbocycles. The molecule has 3 aromatic carbocycles. The summed E-state index contributed by atoms with van der Waals surface area (Å²) >= 11 is 0. The highest BCUT2D eigenvalue weighted by atomic mass is 19.1. The van der Waals surface area contributed by atoms with E-state index in [9.17, 15) is 14.4 Å². The minimum atomic E-state index is -1.07. The Morgan fingerprint density at radius 1 is 1.17 bits per heavy atom. The summed E-state index contributed by atoms with van der Waals surface area (Å²) < 4.78 is 20.0. The second kappa shape index (κ2) is 11.9. The third-order valence-corrected chi connectivity index (χ3v) is 7.98. The number of fused-ring (bicyclic) bond motifs is 2. The van der Waals surface area contributed by atoms with E-state index in [4.69, 9.17) is 9.84 Å². The lowest BCUT2D eigenvalue weighted by Gasteiger charge is -2.37. The molecule has 3 atom stereocenters. The Bertz CT molecular complexity index is 1520. The lowest BCUT2D eigenvalue weighted by atomic mass is 9.63. The summed E-state index contributed by atoms with van der Waals surface area (Å²) in [6.45, 7) is 11.0. The van der Waals surface area contributed by atoms with E-state index in [-0.39, 0.29) is 40.4 Å². The van der Waals surface area contributed by atoms with Crippen molar-refractivity contribution < 1.29 is 28.6 Å². The molecule has 5 rings (SSSR count). The molecule has 0 bridgehead atoms. The van der Waals surface area contributed by atoms with Crippen LogP contribution in [0.1, 0.15) is 65.7 Å². The number of nitrogens with one attached hydrogen (secondary N) is 3. The van der Waals surface area contributed by atoms with Crippen molar-refractivity contribution in [1.82, 2.24) is 5.32 Å². The number of carboxylic acid groups (broad SMARTS) is 1. The van der Waals surface area contributed by atoms with Crippen LogP contribution in [0.2, 0.25) is 0 Å². The summed E-state index contributed by atoms with van der Waals surface area (Å²) in [6.07, 6.45) is 1.34. The monoisotopic (exact) mass is 575 g/mol. The highest BCUT2D eigenvalue weighted by Gasteiger charge is 2.61. The second-order valence-electron chi connectivity index (χ2n) is 12.1. The molecule has 0 aromatic heterocycles. The fraction of sp³-hybridized carbons (Fsp3) is 0.364. The number of amides is 2. The summed E-state index contributed by atoms with van der Waals surface area (Å²) in [7, 11) is 1.37. The smallest absolute Gasteiger partial charge is 0.339 e. The SMILES string of the molecule is COc1cc(NC=O)ccc1C(=O)O.Cc1ccc2c(c1)NC(=O)[C@@]21C(CC(C)(C)C)NCC1c1cccc(C)c1F. The number of hydrogen-bond donors (Lipinski definition) is 4. The third-order valence-electron chi connectivity index (χ3n) is 7.98. The van der Waals surface area contributed by atoms with Gasteiger partial charge in [0, 0.05) is 35.9 Å². The predicted molar refractivity (Wildman–Crippen MR) is 161 cm³/mol. The zero-order valence-corrected chi connectivity index (χ0v) is 24.8. The maximum atomic E-state index is 15.2. The molecule has 2 heterocycles. The van der Waals surface area contributed by atoms with Gasteiger partial charge in [-0.3, -0.25) is 9.59 Å². The molecule has 2 aliphatic heterocycles. The summed E-state index contributed by atoms with van der Waals surface area (Å²) in [4.78, 5) is 34.4. The zero-order chi connectivity index (χ0) is 30.8. The normalized spacial score (nSPS) is 20.8. The molecule has 0 aliphatic carbocycles. The first kappa shape index (κ1) is 30.7. The van der Waals surface area contributed by atoms with Gasteiger partial charge in [-0.05, 0) is 66.1 Å². The molecule has 222 valence electrons. The summed E-state index contributed by atoms with van der Waals surface area (Å²) in [5, 5.41) is 17.9. The Hall–Kier alpha value is -4.24. The number of carbonyl (C=O) groups excluding carboxylic acids is 2. The Kier molecular flexibility index (Phi) is 8.73. The van der Waals surface area contributed by atoms with Gasteiger partial charge in [-0.25, -0.2) is 9.18 Å². The van der Waals surface area contributed by atoms with Crippen LogP contribution in [-0.4, -0.2) is 43.1 Å². The van der Waals surface area contributed by atoms with Crippen molar-refractivity contribution in [2.75, 3.05) is 24.3 Å². The lowest BCUT2D eigenvalue weighted by molar-refractivity contribution is -0.122. The fourth-order valence-electron chi connectivity index (χ4n) is 6.15. The number of hydrogen-bond acceptors (Lipinski definition) is 5. The van der Waals surface area contributed by atoms with E-state index >= 15 is 4.39 Å². The predicted octanol–water partition coefficient (Wildman–Crippen LogP) is 5.79. The van der Waals surface area contributed by atoms with Crippen LogP contribution in [0.15, 0.2) is 54.6 Å². The van der Waals surface area contributed by atoms with Crippen molar-refractivity contribution in [3.63, 3.8) is 0 Å². The van der Waals surface area contributed by atoms with Gasteiger partial charge in [0.15, 0.2) is 0 Å². The van der Waals surface area contributed by atoms with Gasteiger partial charge < -0.3 is 25.8 Å². The quantitative estimate of drug-likeness (QED) is 0.277. The van der Waals surface area contributed by atoms with E-state index in [0.717, 1.165) is 23.2 Å². The molecular formula is C33H38FN3O5. The maximum absolute atomic E-state index is 15.2. The van der Waals surface area contributed by atoms with Gasteiger partial charge in [-0.1, -0.05) is 51.1 Å².